The molecule has 3 heteroatoms. The van der Waals surface area contributed by atoms with Crippen LogP contribution in [0, 0.1) is 5.92 Å². The van der Waals surface area contributed by atoms with Crippen LogP contribution in [0.5, 0.6) is 0 Å². The summed E-state index contributed by atoms with van der Waals surface area (Å²) in [5.74, 6) is -0.215. The first-order valence-electron chi connectivity index (χ1n) is 5.59. The Morgan fingerprint density at radius 1 is 1.38 bits per heavy atom. The van der Waals surface area contributed by atoms with Gasteiger partial charge in [-0.25, -0.2) is 0 Å². The first kappa shape index (κ1) is 12.7. The maximum atomic E-state index is 11.6. The average molecular weight is 221 g/mol. The molecule has 0 radical (unpaired) electrons. The summed E-state index contributed by atoms with van der Waals surface area (Å²) < 4.78 is 4.80. The molecule has 2 N–H and O–H groups in total. The number of benzene rings is 1. The van der Waals surface area contributed by atoms with E-state index in [4.69, 9.17) is 10.5 Å². The molecule has 0 saturated heterocycles. The van der Waals surface area contributed by atoms with Crippen LogP contribution in [0.4, 0.5) is 0 Å². The number of rotatable bonds is 6. The van der Waals surface area contributed by atoms with E-state index in [1.807, 2.05) is 30.3 Å². The van der Waals surface area contributed by atoms with Crippen molar-refractivity contribution in [1.82, 2.24) is 0 Å². The summed E-state index contributed by atoms with van der Waals surface area (Å²) in [6.45, 7) is 0.613. The summed E-state index contributed by atoms with van der Waals surface area (Å²) in [6.07, 6.45) is 2.37. The van der Waals surface area contributed by atoms with Gasteiger partial charge < -0.3 is 10.5 Å². The summed E-state index contributed by atoms with van der Waals surface area (Å²) >= 11 is 0. The monoisotopic (exact) mass is 221 g/mol. The van der Waals surface area contributed by atoms with Gasteiger partial charge >= 0.3 is 5.97 Å². The van der Waals surface area contributed by atoms with E-state index >= 15 is 0 Å². The van der Waals surface area contributed by atoms with Crippen molar-refractivity contribution in [2.45, 2.75) is 19.3 Å². The van der Waals surface area contributed by atoms with Gasteiger partial charge in [-0.2, -0.15) is 0 Å². The van der Waals surface area contributed by atoms with Crippen LogP contribution in [0.15, 0.2) is 30.3 Å². The van der Waals surface area contributed by atoms with Gasteiger partial charge in [0.1, 0.15) is 0 Å². The summed E-state index contributed by atoms with van der Waals surface area (Å²) in [4.78, 5) is 11.6. The fourth-order valence-corrected chi connectivity index (χ4v) is 1.73. The molecule has 1 unspecified atom stereocenters. The maximum absolute atomic E-state index is 11.6. The Hall–Kier alpha value is -1.35. The summed E-state index contributed by atoms with van der Waals surface area (Å²) in [7, 11) is 1.43. The summed E-state index contributed by atoms with van der Waals surface area (Å²) in [5, 5.41) is 0. The molecule has 0 aliphatic heterocycles. The van der Waals surface area contributed by atoms with E-state index in [0.29, 0.717) is 6.54 Å². The number of carbonyl (C=O) groups is 1. The number of methoxy groups -OCH3 is 1. The van der Waals surface area contributed by atoms with Gasteiger partial charge in [0.15, 0.2) is 0 Å². The Bertz CT molecular complexity index is 311. The van der Waals surface area contributed by atoms with Crippen molar-refractivity contribution in [2.75, 3.05) is 13.7 Å². The van der Waals surface area contributed by atoms with Gasteiger partial charge in [0.25, 0.3) is 0 Å². The van der Waals surface area contributed by atoms with Gasteiger partial charge in [-0.15, -0.1) is 0 Å². The highest BCUT2D eigenvalue weighted by Gasteiger charge is 2.18. The van der Waals surface area contributed by atoms with Crippen molar-refractivity contribution in [2.24, 2.45) is 11.7 Å². The molecule has 0 fully saturated rings. The minimum atomic E-state index is -0.141. The highest BCUT2D eigenvalue weighted by atomic mass is 16.5. The Morgan fingerprint density at radius 2 is 2.06 bits per heavy atom. The molecule has 0 amide bonds. The van der Waals surface area contributed by atoms with Crippen molar-refractivity contribution >= 4 is 5.97 Å². The molecule has 1 aromatic rings. The van der Waals surface area contributed by atoms with Gasteiger partial charge in [-0.1, -0.05) is 30.3 Å². The number of ether oxygens (including phenoxy) is 1. The second-order valence-corrected chi connectivity index (χ2v) is 3.84. The lowest BCUT2D eigenvalue weighted by Gasteiger charge is -2.13. The smallest absolute Gasteiger partial charge is 0.308 e. The molecule has 0 heterocycles. The van der Waals surface area contributed by atoms with Crippen LogP contribution in [-0.2, 0) is 16.0 Å². The predicted molar refractivity (Wildman–Crippen MR) is 63.9 cm³/mol. The number of esters is 1. The Kier molecular flexibility index (Phi) is 5.57. The average Bonchev–Trinajstić information content (AvgIpc) is 2.34. The number of carbonyl (C=O) groups excluding carboxylic acids is 1. The van der Waals surface area contributed by atoms with Crippen LogP contribution in [0.2, 0.25) is 0 Å². The normalized spacial score (nSPS) is 12.1. The van der Waals surface area contributed by atoms with Crippen LogP contribution >= 0.6 is 0 Å². The largest absolute Gasteiger partial charge is 0.469 e. The van der Waals surface area contributed by atoms with Crippen molar-refractivity contribution in [3.8, 4) is 0 Å². The lowest BCUT2D eigenvalue weighted by molar-refractivity contribution is -0.145. The van der Waals surface area contributed by atoms with E-state index in [1.165, 1.54) is 7.11 Å². The Labute approximate surface area is 96.6 Å². The summed E-state index contributed by atoms with van der Waals surface area (Å²) in [6, 6.07) is 9.98. The molecule has 0 bridgehead atoms. The van der Waals surface area contributed by atoms with E-state index in [2.05, 4.69) is 0 Å². The lowest BCUT2D eigenvalue weighted by Crippen LogP contribution is -2.20. The first-order valence-corrected chi connectivity index (χ1v) is 5.59. The first-order chi connectivity index (χ1) is 7.77. The molecule has 3 nitrogen and oxygen atoms in total. The third kappa shape index (κ3) is 4.03. The molecular formula is C13H19NO2. The molecule has 88 valence electrons. The molecule has 0 aromatic heterocycles. The molecule has 16 heavy (non-hydrogen) atoms. The molecular weight excluding hydrogens is 202 g/mol. The zero-order chi connectivity index (χ0) is 11.8. The minimum absolute atomic E-state index is 0.0732. The molecule has 1 atom stereocenters. The zero-order valence-corrected chi connectivity index (χ0v) is 9.69. The molecule has 0 spiro atoms. The predicted octanol–water partition coefficient (Wildman–Crippen LogP) is 1.76. The number of nitrogens with two attached hydrogens (primary N) is 1. The van der Waals surface area contributed by atoms with Crippen LogP contribution in [0.1, 0.15) is 18.4 Å². The fourth-order valence-electron chi connectivity index (χ4n) is 1.73. The third-order valence-corrected chi connectivity index (χ3v) is 2.62. The van der Waals surface area contributed by atoms with E-state index in [-0.39, 0.29) is 11.9 Å². The van der Waals surface area contributed by atoms with Crippen molar-refractivity contribution in [3.63, 3.8) is 0 Å². The zero-order valence-electron chi connectivity index (χ0n) is 9.69. The van der Waals surface area contributed by atoms with E-state index in [9.17, 15) is 4.79 Å². The SMILES string of the molecule is COC(=O)C(CCCN)Cc1ccccc1. The van der Waals surface area contributed by atoms with Gasteiger partial charge in [0, 0.05) is 0 Å². The van der Waals surface area contributed by atoms with Gasteiger partial charge in [-0.3, -0.25) is 4.79 Å². The maximum Gasteiger partial charge on any atom is 0.308 e. The lowest BCUT2D eigenvalue weighted by atomic mass is 9.95. The highest BCUT2D eigenvalue weighted by Crippen LogP contribution is 2.15. The second-order valence-electron chi connectivity index (χ2n) is 3.84. The number of hydrogen-bond acceptors (Lipinski definition) is 3. The third-order valence-electron chi connectivity index (χ3n) is 2.62. The fraction of sp³-hybridized carbons (Fsp3) is 0.462. The second kappa shape index (κ2) is 7.01. The standard InChI is InChI=1S/C13H19NO2/c1-16-13(15)12(8-5-9-14)10-11-6-3-2-4-7-11/h2-4,6-7,12H,5,8-10,14H2,1H3. The molecule has 1 aromatic carbocycles. The van der Waals surface area contributed by atoms with Crippen LogP contribution < -0.4 is 5.73 Å². The van der Waals surface area contributed by atoms with Gasteiger partial charge in [0.05, 0.1) is 13.0 Å². The van der Waals surface area contributed by atoms with E-state index in [1.54, 1.807) is 0 Å². The number of hydrogen-bond donors (Lipinski definition) is 1. The van der Waals surface area contributed by atoms with Crippen LogP contribution in [-0.4, -0.2) is 19.6 Å². The van der Waals surface area contributed by atoms with E-state index in [0.717, 1.165) is 24.8 Å². The Morgan fingerprint density at radius 3 is 2.62 bits per heavy atom. The molecule has 0 saturated carbocycles. The molecule has 0 aliphatic carbocycles. The van der Waals surface area contributed by atoms with Crippen molar-refractivity contribution < 1.29 is 9.53 Å². The van der Waals surface area contributed by atoms with Crippen LogP contribution in [0.25, 0.3) is 0 Å². The van der Waals surface area contributed by atoms with Crippen LogP contribution in [0.3, 0.4) is 0 Å². The van der Waals surface area contributed by atoms with Gasteiger partial charge in [0.2, 0.25) is 0 Å². The van der Waals surface area contributed by atoms with Gasteiger partial charge in [-0.05, 0) is 31.4 Å². The molecule has 0 aliphatic rings. The van der Waals surface area contributed by atoms with Crippen molar-refractivity contribution in [1.29, 1.82) is 0 Å². The Balaban J connectivity index is 2.59. The minimum Gasteiger partial charge on any atom is -0.469 e. The quantitative estimate of drug-likeness (QED) is 0.745. The van der Waals surface area contributed by atoms with Crippen molar-refractivity contribution in [3.05, 3.63) is 35.9 Å². The highest BCUT2D eigenvalue weighted by molar-refractivity contribution is 5.72. The van der Waals surface area contributed by atoms with E-state index < -0.39 is 0 Å². The topological polar surface area (TPSA) is 52.3 Å². The summed E-state index contributed by atoms with van der Waals surface area (Å²) in [5.41, 5.74) is 6.62. The molecule has 1 rings (SSSR count).